The maximum absolute atomic E-state index is 15.8. The molecule has 3 heterocycles. The van der Waals surface area contributed by atoms with Crippen molar-refractivity contribution in [2.45, 2.75) is 0 Å². The van der Waals surface area contributed by atoms with Crippen LogP contribution in [0.4, 0.5) is 4.39 Å². The Kier molecular flexibility index (Phi) is 3.79. The van der Waals surface area contributed by atoms with Gasteiger partial charge in [-0.2, -0.15) is 0 Å². The molecule has 28 heavy (non-hydrogen) atoms. The van der Waals surface area contributed by atoms with E-state index in [9.17, 15) is 0 Å². The van der Waals surface area contributed by atoms with Gasteiger partial charge in [-0.15, -0.1) is 0 Å². The average molecular weight is 369 g/mol. The van der Waals surface area contributed by atoms with Gasteiger partial charge in [-0.1, -0.05) is 18.2 Å². The molecule has 136 valence electrons. The first-order valence-electron chi connectivity index (χ1n) is 8.90. The van der Waals surface area contributed by atoms with Crippen LogP contribution in [0, 0.1) is 5.82 Å². The molecule has 5 rings (SSSR count). The van der Waals surface area contributed by atoms with Crippen molar-refractivity contribution in [3.05, 3.63) is 85.1 Å². The Morgan fingerprint density at radius 1 is 0.964 bits per heavy atom. The van der Waals surface area contributed by atoms with Crippen LogP contribution in [-0.4, -0.2) is 21.6 Å². The Bertz CT molecular complexity index is 1310. The quantitative estimate of drug-likeness (QED) is 0.428. The maximum atomic E-state index is 15.8. The standard InChI is InChI=1S/C23H16FN3O/c1-28-17-8-6-15(7-9-17)22-21(24)23(18-4-2-3-5-19(18)26-22)27-13-11-16-14-25-12-10-20(16)27/h2-14H,1H3. The molecule has 0 aliphatic heterocycles. The molecule has 0 atom stereocenters. The van der Waals surface area contributed by atoms with Crippen LogP contribution < -0.4 is 4.74 Å². The molecule has 4 nitrogen and oxygen atoms in total. The predicted molar refractivity (Wildman–Crippen MR) is 108 cm³/mol. The van der Waals surface area contributed by atoms with Crippen molar-refractivity contribution in [3.8, 4) is 22.7 Å². The molecule has 0 saturated carbocycles. The minimum atomic E-state index is -0.363. The van der Waals surface area contributed by atoms with Crippen LogP contribution in [0.2, 0.25) is 0 Å². The van der Waals surface area contributed by atoms with Gasteiger partial charge in [-0.3, -0.25) is 4.98 Å². The van der Waals surface area contributed by atoms with E-state index in [1.165, 1.54) is 0 Å². The normalized spacial score (nSPS) is 11.2. The van der Waals surface area contributed by atoms with E-state index >= 15 is 4.39 Å². The number of halogens is 1. The molecule has 0 saturated heterocycles. The second-order valence-corrected chi connectivity index (χ2v) is 6.49. The van der Waals surface area contributed by atoms with Gasteiger partial charge in [0, 0.05) is 34.9 Å². The number of benzene rings is 2. The fraction of sp³-hybridized carbons (Fsp3) is 0.0435. The van der Waals surface area contributed by atoms with Crippen LogP contribution in [0.1, 0.15) is 0 Å². The van der Waals surface area contributed by atoms with E-state index in [0.29, 0.717) is 22.7 Å². The highest BCUT2D eigenvalue weighted by molar-refractivity contribution is 5.93. The first-order chi connectivity index (χ1) is 13.8. The Morgan fingerprint density at radius 3 is 2.61 bits per heavy atom. The number of aromatic nitrogens is 3. The Morgan fingerprint density at radius 2 is 1.79 bits per heavy atom. The van der Waals surface area contributed by atoms with Crippen molar-refractivity contribution in [3.63, 3.8) is 0 Å². The van der Waals surface area contributed by atoms with Crippen molar-refractivity contribution in [2.75, 3.05) is 7.11 Å². The minimum absolute atomic E-state index is 0.312. The Hall–Kier alpha value is -3.73. The lowest BCUT2D eigenvalue weighted by Gasteiger charge is -2.14. The molecule has 5 aromatic rings. The summed E-state index contributed by atoms with van der Waals surface area (Å²) in [7, 11) is 1.61. The van der Waals surface area contributed by atoms with Crippen LogP contribution in [0.5, 0.6) is 5.75 Å². The lowest BCUT2D eigenvalue weighted by molar-refractivity contribution is 0.415. The van der Waals surface area contributed by atoms with Crippen molar-refractivity contribution >= 4 is 21.8 Å². The van der Waals surface area contributed by atoms with Gasteiger partial charge >= 0.3 is 0 Å². The Balaban J connectivity index is 1.84. The molecule has 0 amide bonds. The second-order valence-electron chi connectivity index (χ2n) is 6.49. The van der Waals surface area contributed by atoms with Gasteiger partial charge in [0.15, 0.2) is 5.82 Å². The summed E-state index contributed by atoms with van der Waals surface area (Å²) < 4.78 is 22.9. The van der Waals surface area contributed by atoms with Gasteiger partial charge in [0.1, 0.15) is 11.4 Å². The minimum Gasteiger partial charge on any atom is -0.497 e. The largest absolute Gasteiger partial charge is 0.497 e. The fourth-order valence-electron chi connectivity index (χ4n) is 3.52. The molecular formula is C23H16FN3O. The average Bonchev–Trinajstić information content (AvgIpc) is 3.17. The van der Waals surface area contributed by atoms with Gasteiger partial charge in [0.2, 0.25) is 0 Å². The second kappa shape index (κ2) is 6.46. The number of methoxy groups -OCH3 is 1. The third kappa shape index (κ3) is 2.52. The number of para-hydroxylation sites is 1. The highest BCUT2D eigenvalue weighted by Gasteiger charge is 2.19. The van der Waals surface area contributed by atoms with E-state index in [-0.39, 0.29) is 5.82 Å². The van der Waals surface area contributed by atoms with Gasteiger partial charge in [0.05, 0.1) is 23.8 Å². The first kappa shape index (κ1) is 16.4. The molecule has 0 N–H and O–H groups in total. The van der Waals surface area contributed by atoms with Crippen molar-refractivity contribution in [1.29, 1.82) is 0 Å². The zero-order chi connectivity index (χ0) is 19.1. The van der Waals surface area contributed by atoms with Crippen LogP contribution in [0.15, 0.2) is 79.3 Å². The summed E-state index contributed by atoms with van der Waals surface area (Å²) >= 11 is 0. The number of nitrogens with zero attached hydrogens (tertiary/aromatic N) is 3. The fourth-order valence-corrected chi connectivity index (χ4v) is 3.52. The number of hydrogen-bond acceptors (Lipinski definition) is 3. The van der Waals surface area contributed by atoms with Gasteiger partial charge < -0.3 is 9.30 Å². The van der Waals surface area contributed by atoms with Gasteiger partial charge in [0.25, 0.3) is 0 Å². The van der Waals surface area contributed by atoms with Crippen LogP contribution in [-0.2, 0) is 0 Å². The summed E-state index contributed by atoms with van der Waals surface area (Å²) in [4.78, 5) is 8.76. The van der Waals surface area contributed by atoms with Crippen LogP contribution >= 0.6 is 0 Å². The number of ether oxygens (including phenoxy) is 1. The zero-order valence-electron chi connectivity index (χ0n) is 15.1. The summed E-state index contributed by atoms with van der Waals surface area (Å²) in [5.41, 5.74) is 3.12. The van der Waals surface area contributed by atoms with E-state index in [4.69, 9.17) is 4.74 Å². The third-order valence-corrected chi connectivity index (χ3v) is 4.90. The monoisotopic (exact) mass is 369 g/mol. The summed E-state index contributed by atoms with van der Waals surface area (Å²) in [6.45, 7) is 0. The van der Waals surface area contributed by atoms with Crippen molar-refractivity contribution in [1.82, 2.24) is 14.5 Å². The molecule has 0 spiro atoms. The van der Waals surface area contributed by atoms with Crippen molar-refractivity contribution in [2.24, 2.45) is 0 Å². The van der Waals surface area contributed by atoms with E-state index in [1.54, 1.807) is 19.5 Å². The number of rotatable bonds is 3. The highest BCUT2D eigenvalue weighted by Crippen LogP contribution is 2.34. The van der Waals surface area contributed by atoms with Crippen LogP contribution in [0.25, 0.3) is 38.8 Å². The smallest absolute Gasteiger partial charge is 0.174 e. The van der Waals surface area contributed by atoms with E-state index in [2.05, 4.69) is 9.97 Å². The Labute approximate surface area is 160 Å². The predicted octanol–water partition coefficient (Wildman–Crippen LogP) is 5.39. The molecule has 0 radical (unpaired) electrons. The van der Waals surface area contributed by atoms with Crippen LogP contribution in [0.3, 0.4) is 0 Å². The molecule has 0 bridgehead atoms. The number of hydrogen-bond donors (Lipinski definition) is 0. The summed E-state index contributed by atoms with van der Waals surface area (Å²) in [5.74, 6) is 0.354. The number of fused-ring (bicyclic) bond motifs is 2. The molecule has 0 aliphatic rings. The van der Waals surface area contributed by atoms with E-state index in [1.807, 2.05) is 71.4 Å². The zero-order valence-corrected chi connectivity index (χ0v) is 15.1. The lowest BCUT2D eigenvalue weighted by atomic mass is 10.1. The SMILES string of the molecule is COc1ccc(-c2nc3ccccc3c(-n3ccc4cnccc43)c2F)cc1. The lowest BCUT2D eigenvalue weighted by Crippen LogP contribution is -2.02. The molecule has 0 aliphatic carbocycles. The van der Waals surface area contributed by atoms with E-state index in [0.717, 1.165) is 21.8 Å². The summed E-state index contributed by atoms with van der Waals surface area (Å²) in [6.07, 6.45) is 5.36. The third-order valence-electron chi connectivity index (χ3n) is 4.90. The van der Waals surface area contributed by atoms with Gasteiger partial charge in [-0.05, 0) is 42.5 Å². The van der Waals surface area contributed by atoms with Crippen molar-refractivity contribution < 1.29 is 9.13 Å². The maximum Gasteiger partial charge on any atom is 0.174 e. The summed E-state index contributed by atoms with van der Waals surface area (Å²) in [5, 5.41) is 1.71. The van der Waals surface area contributed by atoms with Gasteiger partial charge in [-0.25, -0.2) is 9.37 Å². The molecule has 5 heteroatoms. The number of pyridine rings is 2. The highest BCUT2D eigenvalue weighted by atomic mass is 19.1. The first-order valence-corrected chi connectivity index (χ1v) is 8.90. The molecule has 2 aromatic carbocycles. The molecule has 0 unspecified atom stereocenters. The summed E-state index contributed by atoms with van der Waals surface area (Å²) in [6, 6.07) is 18.7. The molecule has 3 aromatic heterocycles. The topological polar surface area (TPSA) is 39.9 Å². The molecular weight excluding hydrogens is 353 g/mol. The molecule has 0 fully saturated rings. The van der Waals surface area contributed by atoms with E-state index < -0.39 is 0 Å².